The predicted octanol–water partition coefficient (Wildman–Crippen LogP) is 1.08. The van der Waals surface area contributed by atoms with Crippen molar-refractivity contribution in [1.82, 2.24) is 5.32 Å². The van der Waals surface area contributed by atoms with Crippen molar-refractivity contribution < 1.29 is 13.5 Å². The van der Waals surface area contributed by atoms with E-state index in [9.17, 15) is 8.42 Å². The first-order valence-corrected chi connectivity index (χ1v) is 8.22. The van der Waals surface area contributed by atoms with Crippen molar-refractivity contribution in [2.75, 3.05) is 18.9 Å². The molecular formula is C14H20N2O3S. The minimum absolute atomic E-state index is 0.00858. The van der Waals surface area contributed by atoms with Crippen molar-refractivity contribution in [1.29, 1.82) is 5.26 Å². The van der Waals surface area contributed by atoms with E-state index >= 15 is 0 Å². The zero-order valence-corrected chi connectivity index (χ0v) is 12.4. The topological polar surface area (TPSA) is 90.2 Å². The van der Waals surface area contributed by atoms with Gasteiger partial charge in [-0.25, -0.2) is 8.42 Å². The van der Waals surface area contributed by atoms with Gasteiger partial charge >= 0.3 is 0 Å². The first-order valence-electron chi connectivity index (χ1n) is 6.57. The highest BCUT2D eigenvalue weighted by atomic mass is 32.2. The van der Waals surface area contributed by atoms with E-state index in [1.54, 1.807) is 12.1 Å². The molecule has 2 N–H and O–H groups in total. The standard InChI is InChI=1S/C14H20N2O3S/c1-12(4-3-8-17)16-7-9-20(18,19)14-6-2-5-13(10-14)11-15/h2,5-6,10,12,16-17H,3-4,7-9H2,1H3. The number of aliphatic hydroxyl groups excluding tert-OH is 1. The molecule has 110 valence electrons. The molecule has 0 saturated heterocycles. The van der Waals surface area contributed by atoms with Gasteiger partial charge in [0.2, 0.25) is 0 Å². The first kappa shape index (κ1) is 16.6. The minimum Gasteiger partial charge on any atom is -0.396 e. The Morgan fingerprint density at radius 1 is 1.45 bits per heavy atom. The predicted molar refractivity (Wildman–Crippen MR) is 77.0 cm³/mol. The van der Waals surface area contributed by atoms with Gasteiger partial charge in [-0.1, -0.05) is 6.07 Å². The van der Waals surface area contributed by atoms with Crippen LogP contribution in [0.4, 0.5) is 0 Å². The molecule has 1 rings (SSSR count). The number of nitriles is 1. The van der Waals surface area contributed by atoms with Crippen LogP contribution in [0.2, 0.25) is 0 Å². The van der Waals surface area contributed by atoms with Crippen LogP contribution in [0.15, 0.2) is 29.2 Å². The molecule has 5 nitrogen and oxygen atoms in total. The van der Waals surface area contributed by atoms with Crippen molar-refractivity contribution >= 4 is 9.84 Å². The Kier molecular flexibility index (Phi) is 6.65. The Labute approximate surface area is 120 Å². The molecule has 1 atom stereocenters. The van der Waals surface area contributed by atoms with Crippen LogP contribution >= 0.6 is 0 Å². The van der Waals surface area contributed by atoms with Crippen molar-refractivity contribution in [2.24, 2.45) is 0 Å². The number of nitrogens with one attached hydrogen (secondary N) is 1. The molecule has 0 aliphatic heterocycles. The molecule has 0 aliphatic rings. The Morgan fingerprint density at radius 2 is 2.20 bits per heavy atom. The highest BCUT2D eigenvalue weighted by molar-refractivity contribution is 7.91. The van der Waals surface area contributed by atoms with Gasteiger partial charge in [0.15, 0.2) is 9.84 Å². The summed E-state index contributed by atoms with van der Waals surface area (Å²) in [6, 6.07) is 8.15. The van der Waals surface area contributed by atoms with Crippen LogP contribution in [-0.4, -0.2) is 38.5 Å². The zero-order chi connectivity index (χ0) is 15.0. The Balaban J connectivity index is 2.55. The number of aliphatic hydroxyl groups is 1. The highest BCUT2D eigenvalue weighted by Crippen LogP contribution is 2.12. The molecule has 1 unspecified atom stereocenters. The molecule has 0 saturated carbocycles. The second-order valence-electron chi connectivity index (χ2n) is 4.68. The van der Waals surface area contributed by atoms with Gasteiger partial charge in [-0.2, -0.15) is 5.26 Å². The molecule has 0 aromatic heterocycles. The molecular weight excluding hydrogens is 276 g/mol. The number of hydrogen-bond donors (Lipinski definition) is 2. The van der Waals surface area contributed by atoms with Crippen LogP contribution < -0.4 is 5.32 Å². The van der Waals surface area contributed by atoms with Gasteiger partial charge in [-0.3, -0.25) is 0 Å². The van der Waals surface area contributed by atoms with Crippen LogP contribution in [-0.2, 0) is 9.84 Å². The lowest BCUT2D eigenvalue weighted by atomic mass is 10.2. The number of benzene rings is 1. The average Bonchev–Trinajstić information content (AvgIpc) is 2.45. The van der Waals surface area contributed by atoms with Gasteiger partial charge in [0, 0.05) is 19.2 Å². The van der Waals surface area contributed by atoms with Gasteiger partial charge in [-0.15, -0.1) is 0 Å². The molecule has 1 aromatic carbocycles. The summed E-state index contributed by atoms with van der Waals surface area (Å²) >= 11 is 0. The third-order valence-electron chi connectivity index (χ3n) is 2.98. The monoisotopic (exact) mass is 296 g/mol. The summed E-state index contributed by atoms with van der Waals surface area (Å²) in [7, 11) is -3.37. The normalized spacial score (nSPS) is 12.8. The fourth-order valence-electron chi connectivity index (χ4n) is 1.82. The van der Waals surface area contributed by atoms with Crippen LogP contribution in [0.3, 0.4) is 0 Å². The van der Waals surface area contributed by atoms with Crippen LogP contribution in [0.25, 0.3) is 0 Å². The molecule has 0 fully saturated rings. The van der Waals surface area contributed by atoms with E-state index in [0.717, 1.165) is 6.42 Å². The summed E-state index contributed by atoms with van der Waals surface area (Å²) in [6.07, 6.45) is 1.51. The molecule has 20 heavy (non-hydrogen) atoms. The second-order valence-corrected chi connectivity index (χ2v) is 6.79. The second kappa shape index (κ2) is 8.00. The molecule has 0 heterocycles. The van der Waals surface area contributed by atoms with E-state index in [4.69, 9.17) is 10.4 Å². The fraction of sp³-hybridized carbons (Fsp3) is 0.500. The molecule has 6 heteroatoms. The summed E-state index contributed by atoms with van der Waals surface area (Å²) in [4.78, 5) is 0.182. The van der Waals surface area contributed by atoms with Crippen molar-refractivity contribution in [3.63, 3.8) is 0 Å². The quantitative estimate of drug-likeness (QED) is 0.749. The van der Waals surface area contributed by atoms with Crippen LogP contribution in [0, 0.1) is 11.3 Å². The smallest absolute Gasteiger partial charge is 0.179 e. The van der Waals surface area contributed by atoms with E-state index in [1.807, 2.05) is 13.0 Å². The summed E-state index contributed by atoms with van der Waals surface area (Å²) in [6.45, 7) is 2.45. The summed E-state index contributed by atoms with van der Waals surface area (Å²) in [5.74, 6) is -0.00858. The summed E-state index contributed by atoms with van der Waals surface area (Å²) < 4.78 is 24.2. The zero-order valence-electron chi connectivity index (χ0n) is 11.5. The van der Waals surface area contributed by atoms with Gasteiger partial charge in [-0.05, 0) is 38.0 Å². The molecule has 1 aromatic rings. The molecule has 0 aliphatic carbocycles. The lowest BCUT2D eigenvalue weighted by molar-refractivity contribution is 0.277. The maximum absolute atomic E-state index is 12.1. The lowest BCUT2D eigenvalue weighted by Gasteiger charge is -2.13. The highest BCUT2D eigenvalue weighted by Gasteiger charge is 2.15. The number of hydrogen-bond acceptors (Lipinski definition) is 5. The Bertz CT molecular complexity index is 564. The van der Waals surface area contributed by atoms with E-state index in [0.29, 0.717) is 18.5 Å². The third kappa shape index (κ3) is 5.29. The van der Waals surface area contributed by atoms with Crippen molar-refractivity contribution in [3.8, 4) is 6.07 Å². The third-order valence-corrected chi connectivity index (χ3v) is 4.69. The first-order chi connectivity index (χ1) is 9.49. The number of nitrogens with zero attached hydrogens (tertiary/aromatic N) is 1. The molecule has 0 radical (unpaired) electrons. The van der Waals surface area contributed by atoms with E-state index in [2.05, 4.69) is 5.32 Å². The van der Waals surface area contributed by atoms with Crippen molar-refractivity contribution in [3.05, 3.63) is 29.8 Å². The average molecular weight is 296 g/mol. The maximum atomic E-state index is 12.1. The number of rotatable bonds is 8. The van der Waals surface area contributed by atoms with Gasteiger partial charge < -0.3 is 10.4 Å². The van der Waals surface area contributed by atoms with Crippen LogP contribution in [0.1, 0.15) is 25.3 Å². The van der Waals surface area contributed by atoms with E-state index in [-0.39, 0.29) is 23.3 Å². The largest absolute Gasteiger partial charge is 0.396 e. The van der Waals surface area contributed by atoms with Gasteiger partial charge in [0.25, 0.3) is 0 Å². The van der Waals surface area contributed by atoms with Crippen LogP contribution in [0.5, 0.6) is 0 Å². The fourth-order valence-corrected chi connectivity index (χ4v) is 3.03. The summed E-state index contributed by atoms with van der Waals surface area (Å²) in [5.41, 5.74) is 0.343. The maximum Gasteiger partial charge on any atom is 0.179 e. The van der Waals surface area contributed by atoms with Gasteiger partial charge in [0.05, 0.1) is 22.3 Å². The lowest BCUT2D eigenvalue weighted by Crippen LogP contribution is -2.31. The van der Waals surface area contributed by atoms with Crippen molar-refractivity contribution in [2.45, 2.75) is 30.7 Å². The molecule has 0 bridgehead atoms. The number of sulfone groups is 1. The summed E-state index contributed by atoms with van der Waals surface area (Å²) in [5, 5.41) is 20.6. The SMILES string of the molecule is CC(CCCO)NCCS(=O)(=O)c1cccc(C#N)c1. The molecule has 0 spiro atoms. The van der Waals surface area contributed by atoms with E-state index in [1.165, 1.54) is 12.1 Å². The minimum atomic E-state index is -3.37. The van der Waals surface area contributed by atoms with E-state index < -0.39 is 9.84 Å². The van der Waals surface area contributed by atoms with Gasteiger partial charge in [0.1, 0.15) is 0 Å². The molecule has 0 amide bonds. The Hall–Kier alpha value is -1.42. The Morgan fingerprint density at radius 3 is 2.85 bits per heavy atom.